The van der Waals surface area contributed by atoms with Crippen molar-refractivity contribution < 1.29 is 5.11 Å². The average Bonchev–Trinajstić information content (AvgIpc) is 1.81. The van der Waals surface area contributed by atoms with Gasteiger partial charge in [-0.25, -0.2) is 0 Å². The molecule has 0 aliphatic rings. The van der Waals surface area contributed by atoms with Crippen LogP contribution in [0.1, 0.15) is 19.8 Å². The van der Waals surface area contributed by atoms with Crippen LogP contribution in [0.3, 0.4) is 0 Å². The van der Waals surface area contributed by atoms with Crippen molar-refractivity contribution in [3.05, 3.63) is 12.2 Å². The number of rotatable bonds is 4. The van der Waals surface area contributed by atoms with Gasteiger partial charge in [-0.2, -0.15) is 0 Å². The van der Waals surface area contributed by atoms with Crippen molar-refractivity contribution in [1.82, 2.24) is 0 Å². The minimum Gasteiger partial charge on any atom is -0.396 e. The summed E-state index contributed by atoms with van der Waals surface area (Å²) < 4.78 is 6.30. The van der Waals surface area contributed by atoms with Crippen molar-refractivity contribution in [3.63, 3.8) is 0 Å². The maximum atomic E-state index is 6.30. The van der Waals surface area contributed by atoms with E-state index in [1.165, 1.54) is 0 Å². The summed E-state index contributed by atoms with van der Waals surface area (Å²) in [6.07, 6.45) is 6.02. The molecule has 7 heavy (non-hydrogen) atoms. The first-order chi connectivity index (χ1) is 3.91. The number of aliphatic hydroxyl groups is 1. The molecule has 0 aromatic heterocycles. The van der Waals surface area contributed by atoms with Crippen LogP contribution >= 0.6 is 0 Å². The third-order valence-electron chi connectivity index (χ3n) is 0.687. The summed E-state index contributed by atoms with van der Waals surface area (Å²) in [4.78, 5) is 0. The standard InChI is InChI=1S/C6H12O/c1-2-3-4-5-6-7/h3-4,7H,2,5-6H2,1H3/b4-3-/i7D. The summed E-state index contributed by atoms with van der Waals surface area (Å²) in [5.41, 5.74) is 0. The van der Waals surface area contributed by atoms with Gasteiger partial charge in [-0.05, 0) is 12.8 Å². The largest absolute Gasteiger partial charge is 0.396 e. The van der Waals surface area contributed by atoms with Crippen LogP contribution in [0.4, 0.5) is 0 Å². The van der Waals surface area contributed by atoms with Crippen molar-refractivity contribution in [1.29, 1.82) is 1.43 Å². The summed E-state index contributed by atoms with van der Waals surface area (Å²) in [6.45, 7) is 2.59. The molecule has 0 aliphatic carbocycles. The smallest absolute Gasteiger partial charge is 0.210 e. The second-order valence-electron chi connectivity index (χ2n) is 1.37. The molecule has 0 rings (SSSR count). The van der Waals surface area contributed by atoms with Crippen molar-refractivity contribution in [3.8, 4) is 0 Å². The lowest BCUT2D eigenvalue weighted by atomic mass is 10.3. The molecule has 1 heteroatoms. The second-order valence-corrected chi connectivity index (χ2v) is 1.37. The molecule has 0 saturated carbocycles. The second kappa shape index (κ2) is 5.70. The molecule has 0 aliphatic heterocycles. The van der Waals surface area contributed by atoms with Gasteiger partial charge in [0.05, 0.1) is 0 Å². The Labute approximate surface area is 46.2 Å². The minimum atomic E-state index is 0.510. The Kier molecular flexibility index (Phi) is 3.95. The Morgan fingerprint density at radius 3 is 3.14 bits per heavy atom. The monoisotopic (exact) mass is 101 g/mol. The molecule has 1 N–H and O–H groups in total. The Hall–Kier alpha value is -0.300. The van der Waals surface area contributed by atoms with E-state index in [9.17, 15) is 0 Å². The molecule has 42 valence electrons. The van der Waals surface area contributed by atoms with Crippen molar-refractivity contribution >= 4 is 0 Å². The molecule has 0 radical (unpaired) electrons. The van der Waals surface area contributed by atoms with Crippen LogP contribution in [-0.2, 0) is 0 Å². The van der Waals surface area contributed by atoms with E-state index in [0.717, 1.165) is 12.8 Å². The highest BCUT2D eigenvalue weighted by molar-refractivity contribution is 4.79. The van der Waals surface area contributed by atoms with Gasteiger partial charge in [0, 0.05) is 6.61 Å². The number of hydrogen-bond donors (Lipinski definition) is 1. The van der Waals surface area contributed by atoms with Gasteiger partial charge in [-0.15, -0.1) is 0 Å². The van der Waals surface area contributed by atoms with E-state index in [1.807, 2.05) is 6.08 Å². The van der Waals surface area contributed by atoms with Gasteiger partial charge in [-0.3, -0.25) is 0 Å². The summed E-state index contributed by atoms with van der Waals surface area (Å²) in [5, 5.41) is 4.09. The van der Waals surface area contributed by atoms with Crippen LogP contribution in [0.15, 0.2) is 12.2 Å². The van der Waals surface area contributed by atoms with Crippen LogP contribution in [0.25, 0.3) is 0 Å². The van der Waals surface area contributed by atoms with E-state index in [2.05, 4.69) is 18.1 Å². The van der Waals surface area contributed by atoms with Gasteiger partial charge < -0.3 is 5.11 Å². The van der Waals surface area contributed by atoms with Crippen molar-refractivity contribution in [2.75, 3.05) is 6.61 Å². The molecule has 1 nitrogen and oxygen atoms in total. The van der Waals surface area contributed by atoms with E-state index < -0.39 is 0 Å². The fourth-order valence-corrected chi connectivity index (χ4v) is 0.353. The lowest BCUT2D eigenvalue weighted by Gasteiger charge is -1.79. The third-order valence-corrected chi connectivity index (χ3v) is 0.687. The Bertz CT molecular complexity index is 61.5. The maximum Gasteiger partial charge on any atom is 0.210 e. The van der Waals surface area contributed by atoms with Crippen LogP contribution in [0.5, 0.6) is 0 Å². The summed E-state index contributed by atoms with van der Waals surface area (Å²) in [5.74, 6) is 0. The van der Waals surface area contributed by atoms with Crippen molar-refractivity contribution in [2.45, 2.75) is 19.8 Å². The van der Waals surface area contributed by atoms with Gasteiger partial charge in [0.15, 0.2) is 0 Å². The van der Waals surface area contributed by atoms with Gasteiger partial charge in [0.2, 0.25) is 1.43 Å². The predicted molar refractivity (Wildman–Crippen MR) is 31.1 cm³/mol. The van der Waals surface area contributed by atoms with E-state index in [-0.39, 0.29) is 0 Å². The zero-order valence-corrected chi connectivity index (χ0v) is 4.68. The first-order valence-corrected chi connectivity index (χ1v) is 2.65. The lowest BCUT2D eigenvalue weighted by molar-refractivity contribution is 0.302. The molecular formula is C6H12O. The zero-order valence-electron chi connectivity index (χ0n) is 5.68. The minimum absolute atomic E-state index is 0.510. The van der Waals surface area contributed by atoms with Crippen LogP contribution < -0.4 is 0 Å². The third kappa shape index (κ3) is 5.70. The Morgan fingerprint density at radius 1 is 1.71 bits per heavy atom. The SMILES string of the molecule is [2H]OCC/C=C\CC. The van der Waals surface area contributed by atoms with Crippen LogP contribution in [-0.4, -0.2) is 13.1 Å². The maximum absolute atomic E-state index is 6.30. The Balaban J connectivity index is 2.80. The predicted octanol–water partition coefficient (Wildman–Crippen LogP) is 1.33. The van der Waals surface area contributed by atoms with Gasteiger partial charge in [-0.1, -0.05) is 19.1 Å². The molecule has 0 fully saturated rings. The Morgan fingerprint density at radius 2 is 2.57 bits per heavy atom. The van der Waals surface area contributed by atoms with Gasteiger partial charge in [0.25, 0.3) is 0 Å². The molecule has 0 heterocycles. The van der Waals surface area contributed by atoms with Crippen LogP contribution in [0, 0.1) is 0 Å². The fourth-order valence-electron chi connectivity index (χ4n) is 0.353. The van der Waals surface area contributed by atoms with E-state index in [1.54, 1.807) is 0 Å². The molecular weight excluding hydrogens is 88.1 g/mol. The molecule has 0 bridgehead atoms. The summed E-state index contributed by atoms with van der Waals surface area (Å²) in [6, 6.07) is 0. The highest BCUT2D eigenvalue weighted by Gasteiger charge is 1.68. The molecule has 0 aromatic carbocycles. The zero-order chi connectivity index (χ0) is 6.24. The van der Waals surface area contributed by atoms with Crippen molar-refractivity contribution in [2.24, 2.45) is 0 Å². The summed E-state index contributed by atoms with van der Waals surface area (Å²) >= 11 is 0. The topological polar surface area (TPSA) is 20.2 Å². The molecule has 0 spiro atoms. The molecule has 0 aromatic rings. The van der Waals surface area contributed by atoms with E-state index >= 15 is 0 Å². The van der Waals surface area contributed by atoms with E-state index in [4.69, 9.17) is 1.43 Å². The molecule has 0 unspecified atom stereocenters. The summed E-state index contributed by atoms with van der Waals surface area (Å²) in [7, 11) is 0. The molecule has 0 atom stereocenters. The number of aliphatic hydroxyl groups excluding tert-OH is 1. The first-order valence-electron chi connectivity index (χ1n) is 3.05. The van der Waals surface area contributed by atoms with Crippen LogP contribution in [0.2, 0.25) is 0 Å². The number of hydrogen-bond acceptors (Lipinski definition) is 1. The molecule has 0 saturated heterocycles. The highest BCUT2D eigenvalue weighted by Crippen LogP contribution is 1.82. The fraction of sp³-hybridized carbons (Fsp3) is 0.667. The number of allylic oxidation sites excluding steroid dienone is 1. The quantitative estimate of drug-likeness (QED) is 0.418. The normalized spacial score (nSPS) is 12.4. The molecule has 0 amide bonds. The van der Waals surface area contributed by atoms with Gasteiger partial charge in [0.1, 0.15) is 0 Å². The average molecular weight is 101 g/mol. The lowest BCUT2D eigenvalue weighted by Crippen LogP contribution is -1.73. The first kappa shape index (κ1) is 4.85. The van der Waals surface area contributed by atoms with E-state index in [0.29, 0.717) is 6.61 Å². The highest BCUT2D eigenvalue weighted by atomic mass is 16.2. The van der Waals surface area contributed by atoms with Gasteiger partial charge >= 0.3 is 0 Å².